The van der Waals surface area contributed by atoms with Gasteiger partial charge < -0.3 is 19.3 Å². The lowest BCUT2D eigenvalue weighted by atomic mass is 9.65. The minimum atomic E-state index is -0.598. The summed E-state index contributed by atoms with van der Waals surface area (Å²) in [7, 11) is 3.06. The summed E-state index contributed by atoms with van der Waals surface area (Å²) < 4.78 is 16.1. The van der Waals surface area contributed by atoms with Crippen molar-refractivity contribution in [1.82, 2.24) is 0 Å². The monoisotopic (exact) mass is 337 g/mol. The van der Waals surface area contributed by atoms with Crippen molar-refractivity contribution in [3.05, 3.63) is 17.7 Å². The molecule has 134 valence electrons. The molecule has 1 aliphatic rings. The molecule has 0 bridgehead atoms. The normalized spacial score (nSPS) is 16.1. The van der Waals surface area contributed by atoms with Gasteiger partial charge in [0, 0.05) is 5.41 Å². The molecule has 1 aromatic carbocycles. The predicted octanol–water partition coefficient (Wildman–Crippen LogP) is 3.46. The number of aliphatic hydroxyl groups is 1. The highest BCUT2D eigenvalue weighted by Gasteiger charge is 2.39. The molecule has 6 nitrogen and oxygen atoms in total. The summed E-state index contributed by atoms with van der Waals surface area (Å²) in [6.45, 7) is 5.47. The summed E-state index contributed by atoms with van der Waals surface area (Å²) >= 11 is 0. The van der Waals surface area contributed by atoms with E-state index in [1.165, 1.54) is 7.11 Å². The Morgan fingerprint density at radius 2 is 1.92 bits per heavy atom. The topological polar surface area (TPSA) is 77.0 Å². The van der Waals surface area contributed by atoms with Crippen LogP contribution in [0.2, 0.25) is 0 Å². The third kappa shape index (κ3) is 3.75. The Kier molecular flexibility index (Phi) is 5.28. The van der Waals surface area contributed by atoms with Gasteiger partial charge in [-0.1, -0.05) is 6.42 Å². The van der Waals surface area contributed by atoms with Crippen LogP contribution in [0.5, 0.6) is 11.5 Å². The average Bonchev–Trinajstić information content (AvgIpc) is 2.44. The number of hydrogen-bond donors (Lipinski definition) is 2. The fourth-order valence-corrected chi connectivity index (χ4v) is 2.92. The minimum Gasteiger partial charge on any atom is -0.493 e. The van der Waals surface area contributed by atoms with Crippen molar-refractivity contribution in [2.24, 2.45) is 0 Å². The highest BCUT2D eigenvalue weighted by atomic mass is 16.6. The molecule has 1 fully saturated rings. The zero-order valence-electron chi connectivity index (χ0n) is 15.1. The van der Waals surface area contributed by atoms with Crippen LogP contribution in [0.1, 0.15) is 45.6 Å². The molecule has 2 N–H and O–H groups in total. The van der Waals surface area contributed by atoms with Gasteiger partial charge >= 0.3 is 6.09 Å². The second kappa shape index (κ2) is 6.89. The van der Waals surface area contributed by atoms with Gasteiger partial charge in [0.2, 0.25) is 0 Å². The van der Waals surface area contributed by atoms with Crippen molar-refractivity contribution < 1.29 is 24.1 Å². The Hall–Kier alpha value is -1.95. The Balaban J connectivity index is 2.39. The SMILES string of the molecule is COc1cc(C2(CO)CCC2)cc(NC(=O)OC(C)(C)C)c1OC. The molecule has 0 saturated heterocycles. The van der Waals surface area contributed by atoms with Gasteiger partial charge in [-0.2, -0.15) is 0 Å². The molecule has 6 heteroatoms. The van der Waals surface area contributed by atoms with E-state index in [4.69, 9.17) is 14.2 Å². The van der Waals surface area contributed by atoms with Crippen LogP contribution < -0.4 is 14.8 Å². The number of anilines is 1. The number of aliphatic hydroxyl groups excluding tert-OH is 1. The number of hydrogen-bond acceptors (Lipinski definition) is 5. The highest BCUT2D eigenvalue weighted by Crippen LogP contribution is 2.48. The first kappa shape index (κ1) is 18.4. The molecule has 1 saturated carbocycles. The molecule has 1 aromatic rings. The van der Waals surface area contributed by atoms with Gasteiger partial charge in [-0.05, 0) is 51.3 Å². The largest absolute Gasteiger partial charge is 0.493 e. The number of ether oxygens (including phenoxy) is 3. The van der Waals surface area contributed by atoms with E-state index in [1.54, 1.807) is 27.9 Å². The molecule has 0 radical (unpaired) electrons. The van der Waals surface area contributed by atoms with Crippen LogP contribution in [0.4, 0.5) is 10.5 Å². The molecular weight excluding hydrogens is 310 g/mol. The van der Waals surface area contributed by atoms with Gasteiger partial charge in [-0.3, -0.25) is 5.32 Å². The Morgan fingerprint density at radius 1 is 1.25 bits per heavy atom. The van der Waals surface area contributed by atoms with Crippen molar-refractivity contribution in [2.75, 3.05) is 26.1 Å². The fraction of sp³-hybridized carbons (Fsp3) is 0.611. The minimum absolute atomic E-state index is 0.0638. The second-order valence-electron chi connectivity index (χ2n) is 7.18. The number of nitrogens with one attached hydrogen (secondary N) is 1. The van der Waals surface area contributed by atoms with Crippen LogP contribution in [-0.2, 0) is 10.2 Å². The van der Waals surface area contributed by atoms with Crippen LogP contribution in [0, 0.1) is 0 Å². The summed E-state index contributed by atoms with van der Waals surface area (Å²) in [5, 5.41) is 12.6. The molecule has 0 spiro atoms. The van der Waals surface area contributed by atoms with Gasteiger partial charge in [0.1, 0.15) is 5.60 Å². The summed E-state index contributed by atoms with van der Waals surface area (Å²) in [4.78, 5) is 12.1. The Morgan fingerprint density at radius 3 is 2.33 bits per heavy atom. The Bertz CT molecular complexity index is 597. The maximum Gasteiger partial charge on any atom is 0.412 e. The molecule has 24 heavy (non-hydrogen) atoms. The van der Waals surface area contributed by atoms with E-state index in [9.17, 15) is 9.90 Å². The lowest BCUT2D eigenvalue weighted by molar-refractivity contribution is 0.0635. The van der Waals surface area contributed by atoms with Gasteiger partial charge in [0.25, 0.3) is 0 Å². The summed E-state index contributed by atoms with van der Waals surface area (Å²) in [5.74, 6) is 0.945. The molecule has 0 atom stereocenters. The third-order valence-corrected chi connectivity index (χ3v) is 4.34. The van der Waals surface area contributed by atoms with Crippen LogP contribution in [0.3, 0.4) is 0 Å². The smallest absolute Gasteiger partial charge is 0.412 e. The van der Waals surface area contributed by atoms with Gasteiger partial charge in [-0.25, -0.2) is 4.79 Å². The number of amides is 1. The first-order valence-electron chi connectivity index (χ1n) is 8.12. The van der Waals surface area contributed by atoms with Crippen molar-refractivity contribution >= 4 is 11.8 Å². The van der Waals surface area contributed by atoms with Crippen LogP contribution in [0.25, 0.3) is 0 Å². The maximum absolute atomic E-state index is 12.1. The van der Waals surface area contributed by atoms with Crippen molar-refractivity contribution in [3.63, 3.8) is 0 Å². The number of rotatable bonds is 5. The zero-order valence-corrected chi connectivity index (χ0v) is 15.1. The summed E-state index contributed by atoms with van der Waals surface area (Å²) in [6, 6.07) is 3.70. The van der Waals surface area contributed by atoms with Crippen LogP contribution in [-0.4, -0.2) is 37.6 Å². The number of benzene rings is 1. The average molecular weight is 337 g/mol. The lowest BCUT2D eigenvalue weighted by Gasteiger charge is -2.41. The van der Waals surface area contributed by atoms with Crippen LogP contribution >= 0.6 is 0 Å². The second-order valence-corrected chi connectivity index (χ2v) is 7.18. The summed E-state index contributed by atoms with van der Waals surface area (Å²) in [6.07, 6.45) is 2.33. The Labute approximate surface area is 143 Å². The molecule has 0 heterocycles. The first-order valence-corrected chi connectivity index (χ1v) is 8.12. The summed E-state index contributed by atoms with van der Waals surface area (Å²) in [5.41, 5.74) is 0.532. The zero-order chi connectivity index (χ0) is 18.0. The molecule has 0 aliphatic heterocycles. The van der Waals surface area contributed by atoms with Crippen LogP contribution in [0.15, 0.2) is 12.1 Å². The van der Waals surface area contributed by atoms with Gasteiger partial charge in [0.15, 0.2) is 11.5 Å². The molecule has 2 rings (SSSR count). The van der Waals surface area contributed by atoms with E-state index < -0.39 is 11.7 Å². The van der Waals surface area contributed by atoms with E-state index in [-0.39, 0.29) is 12.0 Å². The molecule has 1 amide bonds. The van der Waals surface area contributed by atoms with Gasteiger partial charge in [0.05, 0.1) is 26.5 Å². The fourth-order valence-electron chi connectivity index (χ4n) is 2.92. The standard InChI is InChI=1S/C18H27NO5/c1-17(2,3)24-16(21)19-13-9-12(18(11-20)7-6-8-18)10-14(22-4)15(13)23-5/h9-10,20H,6-8,11H2,1-5H3,(H,19,21). The van der Waals surface area contributed by atoms with E-state index >= 15 is 0 Å². The molecular formula is C18H27NO5. The number of carbonyl (C=O) groups excluding carboxylic acids is 1. The maximum atomic E-state index is 12.1. The highest BCUT2D eigenvalue weighted by molar-refractivity contribution is 5.88. The van der Waals surface area contributed by atoms with Crippen molar-refractivity contribution in [2.45, 2.75) is 51.0 Å². The quantitative estimate of drug-likeness (QED) is 0.860. The van der Waals surface area contributed by atoms with Crippen molar-refractivity contribution in [3.8, 4) is 11.5 Å². The lowest BCUT2D eigenvalue weighted by Crippen LogP contribution is -2.38. The van der Waals surface area contributed by atoms with E-state index in [0.717, 1.165) is 24.8 Å². The first-order chi connectivity index (χ1) is 11.2. The van der Waals surface area contributed by atoms with E-state index in [0.29, 0.717) is 17.2 Å². The van der Waals surface area contributed by atoms with Gasteiger partial charge in [-0.15, -0.1) is 0 Å². The number of methoxy groups -OCH3 is 2. The van der Waals surface area contributed by atoms with E-state index in [1.807, 2.05) is 12.1 Å². The number of carbonyl (C=O) groups is 1. The van der Waals surface area contributed by atoms with Crippen molar-refractivity contribution in [1.29, 1.82) is 0 Å². The molecule has 0 aromatic heterocycles. The molecule has 0 unspecified atom stereocenters. The third-order valence-electron chi connectivity index (χ3n) is 4.34. The molecule has 1 aliphatic carbocycles. The predicted molar refractivity (Wildman–Crippen MR) is 92.0 cm³/mol. The van der Waals surface area contributed by atoms with E-state index in [2.05, 4.69) is 5.32 Å².